The second-order valence-electron chi connectivity index (χ2n) is 4.75. The lowest BCUT2D eigenvalue weighted by molar-refractivity contribution is 0.0522. The van der Waals surface area contributed by atoms with Crippen LogP contribution in [-0.4, -0.2) is 35.6 Å². The zero-order valence-corrected chi connectivity index (χ0v) is 13.3. The van der Waals surface area contributed by atoms with Crippen LogP contribution in [0.4, 0.5) is 0 Å². The Kier molecular flexibility index (Phi) is 3.40. The maximum Gasteiger partial charge on any atom is 0.294 e. The van der Waals surface area contributed by atoms with E-state index in [2.05, 4.69) is 10.1 Å². The van der Waals surface area contributed by atoms with Gasteiger partial charge in [-0.25, -0.2) is 9.50 Å². The van der Waals surface area contributed by atoms with Gasteiger partial charge in [-0.1, -0.05) is 6.07 Å². The van der Waals surface area contributed by atoms with Crippen LogP contribution in [-0.2, 0) is 4.74 Å². The molecule has 0 radical (unpaired) electrons. The molecule has 8 heteroatoms. The minimum atomic E-state index is 0.184. The second kappa shape index (κ2) is 5.56. The van der Waals surface area contributed by atoms with Gasteiger partial charge in [-0.3, -0.25) is 0 Å². The van der Waals surface area contributed by atoms with Crippen LogP contribution in [0.5, 0.6) is 10.9 Å². The van der Waals surface area contributed by atoms with Gasteiger partial charge in [-0.05, 0) is 29.5 Å². The predicted octanol–water partition coefficient (Wildman–Crippen LogP) is 3.20. The summed E-state index contributed by atoms with van der Waals surface area (Å²) in [7, 11) is 3.17. The lowest BCUT2D eigenvalue weighted by Crippen LogP contribution is -1.98. The molecule has 23 heavy (non-hydrogen) atoms. The molecule has 4 rings (SSSR count). The van der Waals surface area contributed by atoms with Gasteiger partial charge in [-0.15, -0.1) is 5.10 Å². The van der Waals surface area contributed by atoms with E-state index in [1.165, 1.54) is 11.3 Å². The molecule has 0 N–H and O–H groups in total. The lowest BCUT2D eigenvalue weighted by atomic mass is 10.2. The van der Waals surface area contributed by atoms with Gasteiger partial charge in [0.25, 0.3) is 5.19 Å². The molecule has 0 aliphatic heterocycles. The summed E-state index contributed by atoms with van der Waals surface area (Å²) in [6.45, 7) is 0.184. The largest absolute Gasteiger partial charge is 0.472 e. The summed E-state index contributed by atoms with van der Waals surface area (Å²) >= 11 is 1.37. The van der Waals surface area contributed by atoms with Crippen LogP contribution in [0.3, 0.4) is 0 Å². The van der Waals surface area contributed by atoms with E-state index in [9.17, 15) is 0 Å². The average molecular weight is 331 g/mol. The van der Waals surface area contributed by atoms with Crippen LogP contribution in [0.1, 0.15) is 0 Å². The third-order valence-corrected chi connectivity index (χ3v) is 4.19. The predicted molar refractivity (Wildman–Crippen MR) is 85.1 cm³/mol. The van der Waals surface area contributed by atoms with Gasteiger partial charge in [-0.2, -0.15) is 0 Å². The van der Waals surface area contributed by atoms with Gasteiger partial charge in [0.2, 0.25) is 4.96 Å². The molecule has 0 fully saturated rings. The van der Waals surface area contributed by atoms with Crippen molar-refractivity contribution in [2.24, 2.45) is 0 Å². The summed E-state index contributed by atoms with van der Waals surface area (Å²) in [5.74, 6) is 1.37. The fourth-order valence-electron chi connectivity index (χ4n) is 2.29. The Morgan fingerprint density at radius 1 is 1.30 bits per heavy atom. The lowest BCUT2D eigenvalue weighted by Gasteiger charge is -2.04. The molecule has 0 aliphatic rings. The summed E-state index contributed by atoms with van der Waals surface area (Å²) in [6, 6.07) is 7.54. The Labute approximate surface area is 135 Å². The number of ether oxygens (including phenoxy) is 3. The number of nitrogens with zero attached hydrogens (tertiary/aromatic N) is 3. The van der Waals surface area contributed by atoms with Crippen molar-refractivity contribution < 1.29 is 18.6 Å². The Bertz CT molecular complexity index is 940. The number of hydrogen-bond acceptors (Lipinski definition) is 7. The van der Waals surface area contributed by atoms with Gasteiger partial charge in [0.05, 0.1) is 18.7 Å². The van der Waals surface area contributed by atoms with E-state index in [1.807, 2.05) is 30.5 Å². The average Bonchev–Trinajstić information content (AvgIpc) is 3.23. The third kappa shape index (κ3) is 2.41. The first-order chi connectivity index (χ1) is 11.3. The molecule has 0 spiro atoms. The Morgan fingerprint density at radius 2 is 2.22 bits per heavy atom. The first-order valence-corrected chi connectivity index (χ1v) is 7.65. The monoisotopic (exact) mass is 331 g/mol. The summed E-state index contributed by atoms with van der Waals surface area (Å²) < 4.78 is 23.2. The summed E-state index contributed by atoms with van der Waals surface area (Å²) in [5, 5.41) is 5.70. The summed E-state index contributed by atoms with van der Waals surface area (Å²) in [4.78, 5) is 5.26. The number of benzene rings is 1. The van der Waals surface area contributed by atoms with Gasteiger partial charge in [0.15, 0.2) is 12.6 Å². The Hall–Kier alpha value is -2.58. The number of methoxy groups -OCH3 is 2. The Balaban J connectivity index is 1.76. The van der Waals surface area contributed by atoms with Crippen molar-refractivity contribution in [2.75, 3.05) is 21.0 Å². The van der Waals surface area contributed by atoms with E-state index in [-0.39, 0.29) is 6.79 Å². The summed E-state index contributed by atoms with van der Waals surface area (Å²) in [5.41, 5.74) is 1.44. The highest BCUT2D eigenvalue weighted by Crippen LogP contribution is 2.34. The fraction of sp³-hybridized carbons (Fsp3) is 0.200. The van der Waals surface area contributed by atoms with E-state index in [0.717, 1.165) is 15.9 Å². The highest BCUT2D eigenvalue weighted by Gasteiger charge is 2.15. The molecule has 3 aromatic heterocycles. The molecule has 3 heterocycles. The molecule has 0 unspecified atom stereocenters. The number of imidazole rings is 1. The molecule has 0 saturated carbocycles. The molecular weight excluding hydrogens is 318 g/mol. The molecule has 0 atom stereocenters. The molecule has 0 bridgehead atoms. The first kappa shape index (κ1) is 14.0. The molecule has 1 aromatic carbocycles. The minimum Gasteiger partial charge on any atom is -0.472 e. The molecule has 4 aromatic rings. The smallest absolute Gasteiger partial charge is 0.294 e. The molecule has 0 amide bonds. The number of fused-ring (bicyclic) bond motifs is 2. The van der Waals surface area contributed by atoms with Gasteiger partial charge in [0.1, 0.15) is 17.0 Å². The molecular formula is C15H13N3O4S. The van der Waals surface area contributed by atoms with Crippen LogP contribution >= 0.6 is 11.3 Å². The molecule has 0 saturated heterocycles. The molecule has 0 aliphatic carbocycles. The Morgan fingerprint density at radius 3 is 3.00 bits per heavy atom. The first-order valence-electron chi connectivity index (χ1n) is 6.83. The number of furan rings is 1. The van der Waals surface area contributed by atoms with Crippen molar-refractivity contribution in [2.45, 2.75) is 0 Å². The molecule has 118 valence electrons. The quantitative estimate of drug-likeness (QED) is 0.523. The second-order valence-corrected chi connectivity index (χ2v) is 5.67. The van der Waals surface area contributed by atoms with Crippen molar-refractivity contribution in [1.29, 1.82) is 0 Å². The maximum atomic E-state index is 5.88. The van der Waals surface area contributed by atoms with Gasteiger partial charge in [0, 0.05) is 7.11 Å². The zero-order chi connectivity index (χ0) is 15.8. The van der Waals surface area contributed by atoms with Crippen molar-refractivity contribution in [3.63, 3.8) is 0 Å². The van der Waals surface area contributed by atoms with Gasteiger partial charge < -0.3 is 18.6 Å². The highest BCUT2D eigenvalue weighted by molar-refractivity contribution is 7.18. The number of aromatic nitrogens is 3. The maximum absolute atomic E-state index is 5.88. The summed E-state index contributed by atoms with van der Waals surface area (Å²) in [6.07, 6.45) is 1.81. The van der Waals surface area contributed by atoms with E-state index >= 15 is 0 Å². The van der Waals surface area contributed by atoms with Crippen LogP contribution in [0, 0.1) is 0 Å². The van der Waals surface area contributed by atoms with Crippen LogP contribution < -0.4 is 9.47 Å². The van der Waals surface area contributed by atoms with E-state index < -0.39 is 0 Å². The van der Waals surface area contributed by atoms with Crippen molar-refractivity contribution in [3.8, 4) is 22.4 Å². The van der Waals surface area contributed by atoms with Crippen molar-refractivity contribution in [3.05, 3.63) is 30.5 Å². The van der Waals surface area contributed by atoms with Gasteiger partial charge >= 0.3 is 0 Å². The van der Waals surface area contributed by atoms with Crippen LogP contribution in [0.2, 0.25) is 0 Å². The number of hydrogen-bond donors (Lipinski definition) is 0. The van der Waals surface area contributed by atoms with E-state index in [1.54, 1.807) is 18.7 Å². The standard InChI is InChI=1S/C15H13N3O4S/c1-19-8-21-11-4-3-5-12-9(11)6-13(22-12)10-7-18-14(16-10)23-15(17-18)20-2/h3-7H,8H2,1-2H3. The number of rotatable bonds is 5. The fourth-order valence-corrected chi connectivity index (χ4v) is 2.99. The zero-order valence-electron chi connectivity index (χ0n) is 12.5. The SMILES string of the molecule is COCOc1cccc2oc(-c3cn4nc(OC)sc4n3)cc12. The van der Waals surface area contributed by atoms with E-state index in [0.29, 0.717) is 22.4 Å². The normalized spacial score (nSPS) is 11.4. The van der Waals surface area contributed by atoms with Crippen molar-refractivity contribution in [1.82, 2.24) is 14.6 Å². The molecule has 7 nitrogen and oxygen atoms in total. The third-order valence-electron chi connectivity index (χ3n) is 3.31. The van der Waals surface area contributed by atoms with E-state index in [4.69, 9.17) is 18.6 Å². The highest BCUT2D eigenvalue weighted by atomic mass is 32.1. The topological polar surface area (TPSA) is 71.0 Å². The van der Waals surface area contributed by atoms with Crippen molar-refractivity contribution >= 4 is 27.3 Å². The van der Waals surface area contributed by atoms with Crippen LogP contribution in [0.15, 0.2) is 34.9 Å². The van der Waals surface area contributed by atoms with Crippen LogP contribution in [0.25, 0.3) is 27.4 Å². The minimum absolute atomic E-state index is 0.184.